The minimum atomic E-state index is -0.228. The first-order chi connectivity index (χ1) is 7.59. The van der Waals surface area contributed by atoms with Crippen LogP contribution in [0.5, 0.6) is 0 Å². The minimum Gasteiger partial charge on any atom is -0.459 e. The molecule has 16 heavy (non-hydrogen) atoms. The zero-order chi connectivity index (χ0) is 12.0. The van der Waals surface area contributed by atoms with E-state index in [2.05, 4.69) is 29.5 Å². The summed E-state index contributed by atoms with van der Waals surface area (Å²) in [5.74, 6) is -0.228. The van der Waals surface area contributed by atoms with E-state index in [0.717, 1.165) is 12.8 Å². The predicted octanol–water partition coefficient (Wildman–Crippen LogP) is 3.84. The molecule has 0 radical (unpaired) electrons. The SMILES string of the molecule is CC(I)CCC(C)OC(=O)c1ccccc1. The van der Waals surface area contributed by atoms with Gasteiger partial charge in [-0.2, -0.15) is 0 Å². The second-order valence-corrected chi connectivity index (χ2v) is 6.07. The zero-order valence-electron chi connectivity index (χ0n) is 9.65. The minimum absolute atomic E-state index is 0.00933. The fourth-order valence-corrected chi connectivity index (χ4v) is 1.71. The van der Waals surface area contributed by atoms with Gasteiger partial charge >= 0.3 is 5.97 Å². The molecule has 3 heteroatoms. The van der Waals surface area contributed by atoms with Crippen molar-refractivity contribution >= 4 is 28.6 Å². The predicted molar refractivity (Wildman–Crippen MR) is 74.0 cm³/mol. The Labute approximate surface area is 111 Å². The molecular weight excluding hydrogens is 315 g/mol. The maximum atomic E-state index is 11.7. The summed E-state index contributed by atoms with van der Waals surface area (Å²) in [6.07, 6.45) is 1.98. The lowest BCUT2D eigenvalue weighted by Crippen LogP contribution is -2.15. The summed E-state index contributed by atoms with van der Waals surface area (Å²) >= 11 is 2.38. The highest BCUT2D eigenvalue weighted by atomic mass is 127. The lowest BCUT2D eigenvalue weighted by molar-refractivity contribution is 0.0321. The second kappa shape index (κ2) is 6.89. The number of carbonyl (C=O) groups is 1. The molecule has 0 spiro atoms. The lowest BCUT2D eigenvalue weighted by atomic mass is 10.2. The van der Waals surface area contributed by atoms with Gasteiger partial charge in [-0.25, -0.2) is 4.79 Å². The fourth-order valence-electron chi connectivity index (χ4n) is 1.35. The number of hydrogen-bond donors (Lipinski definition) is 0. The molecule has 1 rings (SSSR count). The van der Waals surface area contributed by atoms with E-state index in [1.54, 1.807) is 12.1 Å². The Kier molecular flexibility index (Phi) is 5.80. The van der Waals surface area contributed by atoms with Gasteiger partial charge in [0.05, 0.1) is 11.7 Å². The highest BCUT2D eigenvalue weighted by molar-refractivity contribution is 14.1. The maximum Gasteiger partial charge on any atom is 0.338 e. The first kappa shape index (κ1) is 13.5. The van der Waals surface area contributed by atoms with Crippen molar-refractivity contribution in [3.63, 3.8) is 0 Å². The molecule has 0 aliphatic heterocycles. The van der Waals surface area contributed by atoms with Gasteiger partial charge in [0.2, 0.25) is 0 Å². The Hall–Kier alpha value is -0.580. The molecule has 0 N–H and O–H groups in total. The van der Waals surface area contributed by atoms with Crippen molar-refractivity contribution in [1.82, 2.24) is 0 Å². The van der Waals surface area contributed by atoms with Gasteiger partial charge in [0.15, 0.2) is 0 Å². The summed E-state index contributed by atoms with van der Waals surface area (Å²) < 4.78 is 5.97. The summed E-state index contributed by atoms with van der Waals surface area (Å²) in [4.78, 5) is 11.7. The van der Waals surface area contributed by atoms with Gasteiger partial charge in [0.1, 0.15) is 0 Å². The van der Waals surface area contributed by atoms with E-state index in [4.69, 9.17) is 4.74 Å². The summed E-state index contributed by atoms with van der Waals surface area (Å²) in [5, 5.41) is 0. The van der Waals surface area contributed by atoms with Crippen molar-refractivity contribution in [3.05, 3.63) is 35.9 Å². The molecule has 88 valence electrons. The van der Waals surface area contributed by atoms with Gasteiger partial charge in [-0.05, 0) is 31.9 Å². The van der Waals surface area contributed by atoms with Crippen molar-refractivity contribution in [3.8, 4) is 0 Å². The summed E-state index contributed by atoms with van der Waals surface area (Å²) in [6, 6.07) is 9.12. The highest BCUT2D eigenvalue weighted by Crippen LogP contribution is 2.12. The molecule has 0 fully saturated rings. The number of benzene rings is 1. The average Bonchev–Trinajstić information content (AvgIpc) is 2.27. The van der Waals surface area contributed by atoms with Crippen LogP contribution in [-0.4, -0.2) is 16.0 Å². The molecule has 1 aromatic rings. The van der Waals surface area contributed by atoms with Gasteiger partial charge < -0.3 is 4.74 Å². The van der Waals surface area contributed by atoms with Crippen LogP contribution in [0.3, 0.4) is 0 Å². The molecule has 0 heterocycles. The van der Waals surface area contributed by atoms with Crippen LogP contribution < -0.4 is 0 Å². The quantitative estimate of drug-likeness (QED) is 0.465. The van der Waals surface area contributed by atoms with Crippen molar-refractivity contribution < 1.29 is 9.53 Å². The Morgan fingerprint density at radius 1 is 1.25 bits per heavy atom. The van der Waals surface area contributed by atoms with Crippen molar-refractivity contribution in [2.45, 2.75) is 36.7 Å². The molecule has 0 aliphatic rings. The summed E-state index contributed by atoms with van der Waals surface area (Å²) in [5.41, 5.74) is 0.622. The van der Waals surface area contributed by atoms with Crippen molar-refractivity contribution in [2.75, 3.05) is 0 Å². The van der Waals surface area contributed by atoms with Crippen molar-refractivity contribution in [2.24, 2.45) is 0 Å². The molecule has 1 aromatic carbocycles. The van der Waals surface area contributed by atoms with Gasteiger partial charge in [-0.1, -0.05) is 47.7 Å². The van der Waals surface area contributed by atoms with Crippen LogP contribution in [0.4, 0.5) is 0 Å². The van der Waals surface area contributed by atoms with Crippen LogP contribution in [0, 0.1) is 0 Å². The van der Waals surface area contributed by atoms with E-state index in [1.165, 1.54) is 0 Å². The van der Waals surface area contributed by atoms with Crippen molar-refractivity contribution in [1.29, 1.82) is 0 Å². The lowest BCUT2D eigenvalue weighted by Gasteiger charge is -2.13. The van der Waals surface area contributed by atoms with Gasteiger partial charge in [0, 0.05) is 3.92 Å². The van der Waals surface area contributed by atoms with Gasteiger partial charge in [0.25, 0.3) is 0 Å². The zero-order valence-corrected chi connectivity index (χ0v) is 11.8. The molecular formula is C13H17IO2. The third-order valence-corrected chi connectivity index (χ3v) is 2.91. The third kappa shape index (κ3) is 4.96. The highest BCUT2D eigenvalue weighted by Gasteiger charge is 2.11. The van der Waals surface area contributed by atoms with E-state index in [9.17, 15) is 4.79 Å². The summed E-state index contributed by atoms with van der Waals surface area (Å²) in [7, 11) is 0. The average molecular weight is 332 g/mol. The maximum absolute atomic E-state index is 11.7. The van der Waals surface area contributed by atoms with E-state index < -0.39 is 0 Å². The van der Waals surface area contributed by atoms with Crippen LogP contribution in [0.15, 0.2) is 30.3 Å². The first-order valence-corrected chi connectivity index (χ1v) is 6.74. The smallest absolute Gasteiger partial charge is 0.338 e. The van der Waals surface area contributed by atoms with E-state index in [0.29, 0.717) is 9.49 Å². The van der Waals surface area contributed by atoms with Crippen LogP contribution in [0.25, 0.3) is 0 Å². The number of ether oxygens (including phenoxy) is 1. The van der Waals surface area contributed by atoms with Gasteiger partial charge in [-0.3, -0.25) is 0 Å². The number of esters is 1. The summed E-state index contributed by atoms with van der Waals surface area (Å²) in [6.45, 7) is 4.10. The topological polar surface area (TPSA) is 26.3 Å². The fraction of sp³-hybridized carbons (Fsp3) is 0.462. The number of hydrogen-bond acceptors (Lipinski definition) is 2. The number of carbonyl (C=O) groups excluding carboxylic acids is 1. The normalized spacial score (nSPS) is 14.2. The van der Waals surface area contributed by atoms with Gasteiger partial charge in [-0.15, -0.1) is 0 Å². The molecule has 2 unspecified atom stereocenters. The van der Waals surface area contributed by atoms with E-state index >= 15 is 0 Å². The Morgan fingerprint density at radius 2 is 1.88 bits per heavy atom. The molecule has 0 aromatic heterocycles. The molecule has 0 aliphatic carbocycles. The molecule has 2 atom stereocenters. The molecule has 0 saturated carbocycles. The van der Waals surface area contributed by atoms with Crippen LogP contribution in [0.2, 0.25) is 0 Å². The Morgan fingerprint density at radius 3 is 2.44 bits per heavy atom. The standard InChI is InChI=1S/C13H17IO2/c1-10(14)8-9-11(2)16-13(15)12-6-4-3-5-7-12/h3-7,10-11H,8-9H2,1-2H3. The Balaban J connectivity index is 2.40. The third-order valence-electron chi connectivity index (χ3n) is 2.29. The number of halogens is 1. The van der Waals surface area contributed by atoms with Crippen LogP contribution in [0.1, 0.15) is 37.0 Å². The number of rotatable bonds is 5. The van der Waals surface area contributed by atoms with E-state index in [1.807, 2.05) is 25.1 Å². The molecule has 2 nitrogen and oxygen atoms in total. The van der Waals surface area contributed by atoms with Crippen LogP contribution in [-0.2, 0) is 4.74 Å². The molecule has 0 amide bonds. The number of alkyl halides is 1. The monoisotopic (exact) mass is 332 g/mol. The van der Waals surface area contributed by atoms with E-state index in [-0.39, 0.29) is 12.1 Å². The largest absolute Gasteiger partial charge is 0.459 e. The molecule has 0 saturated heterocycles. The molecule has 0 bridgehead atoms. The Bertz CT molecular complexity index is 322. The second-order valence-electron chi connectivity index (χ2n) is 3.94. The first-order valence-electron chi connectivity index (χ1n) is 5.49. The van der Waals surface area contributed by atoms with Crippen LogP contribution >= 0.6 is 22.6 Å².